The van der Waals surface area contributed by atoms with Crippen molar-refractivity contribution in [2.24, 2.45) is 0 Å². The van der Waals surface area contributed by atoms with Crippen LogP contribution in [0.4, 0.5) is 23.7 Å². The maximum atomic E-state index is 12.1. The molecule has 0 unspecified atom stereocenters. The lowest BCUT2D eigenvalue weighted by atomic mass is 10.2. The first-order valence-electron chi connectivity index (χ1n) is 7.16. The first-order chi connectivity index (χ1) is 11.8. The number of aromatic nitrogens is 2. The monoisotopic (exact) mass is 412 g/mol. The Morgan fingerprint density at radius 2 is 2.00 bits per heavy atom. The second-order valence-corrected chi connectivity index (χ2v) is 6.14. The van der Waals surface area contributed by atoms with E-state index in [-0.39, 0.29) is 0 Å². The molecule has 0 aliphatic rings. The number of rotatable bonds is 3. The second-order valence-electron chi connectivity index (χ2n) is 5.22. The van der Waals surface area contributed by atoms with Crippen molar-refractivity contribution in [3.63, 3.8) is 0 Å². The van der Waals surface area contributed by atoms with Crippen LogP contribution in [-0.4, -0.2) is 28.3 Å². The van der Waals surface area contributed by atoms with Gasteiger partial charge in [0.15, 0.2) is 0 Å². The molecule has 0 aliphatic carbocycles. The van der Waals surface area contributed by atoms with Crippen LogP contribution in [0, 0.1) is 0 Å². The number of alkyl halides is 3. The fraction of sp³-hybridized carbons (Fsp3) is 0.125. The Morgan fingerprint density at radius 1 is 1.20 bits per heavy atom. The lowest BCUT2D eigenvalue weighted by Crippen LogP contribution is -2.36. The van der Waals surface area contributed by atoms with Gasteiger partial charge in [0.1, 0.15) is 12.9 Å². The number of hydrogen-bond acceptors (Lipinski definition) is 2. The minimum Gasteiger partial charge on any atom is -0.329 e. The number of anilines is 1. The standard InChI is InChI=1S/C16H12BrF3N4O/c17-10-4-5-14-13(6-10)22-9-24(14)12-3-1-2-11(7-12)23-15(25)21-8-16(18,19)20/h1-7,9H,8H2,(H2,21,23,25). The molecule has 2 amide bonds. The van der Waals surface area contributed by atoms with E-state index in [9.17, 15) is 18.0 Å². The van der Waals surface area contributed by atoms with E-state index in [4.69, 9.17) is 0 Å². The van der Waals surface area contributed by atoms with E-state index in [1.807, 2.05) is 28.8 Å². The number of halogens is 4. The Balaban J connectivity index is 1.80. The van der Waals surface area contributed by atoms with Crippen LogP contribution in [0.25, 0.3) is 16.7 Å². The minimum atomic E-state index is -4.46. The van der Waals surface area contributed by atoms with Crippen LogP contribution in [0.3, 0.4) is 0 Å². The topological polar surface area (TPSA) is 59.0 Å². The zero-order valence-corrected chi connectivity index (χ0v) is 14.2. The van der Waals surface area contributed by atoms with Crippen molar-refractivity contribution in [1.82, 2.24) is 14.9 Å². The molecule has 130 valence electrons. The highest BCUT2D eigenvalue weighted by molar-refractivity contribution is 9.10. The summed E-state index contributed by atoms with van der Waals surface area (Å²) in [5.41, 5.74) is 2.74. The zero-order chi connectivity index (χ0) is 18.0. The summed E-state index contributed by atoms with van der Waals surface area (Å²) in [6.07, 6.45) is -2.82. The highest BCUT2D eigenvalue weighted by Gasteiger charge is 2.27. The molecule has 0 spiro atoms. The maximum Gasteiger partial charge on any atom is 0.405 e. The quantitative estimate of drug-likeness (QED) is 0.666. The summed E-state index contributed by atoms with van der Waals surface area (Å²) >= 11 is 3.38. The van der Waals surface area contributed by atoms with E-state index in [1.165, 1.54) is 0 Å². The number of amides is 2. The van der Waals surface area contributed by atoms with Gasteiger partial charge in [-0.05, 0) is 36.4 Å². The lowest BCUT2D eigenvalue weighted by molar-refractivity contribution is -0.122. The predicted octanol–water partition coefficient (Wildman–Crippen LogP) is 4.47. The third-order valence-electron chi connectivity index (χ3n) is 3.34. The molecule has 0 saturated carbocycles. The van der Waals surface area contributed by atoms with Crippen molar-refractivity contribution < 1.29 is 18.0 Å². The van der Waals surface area contributed by atoms with Gasteiger partial charge in [0.2, 0.25) is 0 Å². The SMILES string of the molecule is O=C(NCC(F)(F)F)Nc1cccc(-n2cnc3cc(Br)ccc32)c1. The Labute approximate surface area is 149 Å². The zero-order valence-electron chi connectivity index (χ0n) is 12.6. The highest BCUT2D eigenvalue weighted by atomic mass is 79.9. The summed E-state index contributed by atoms with van der Waals surface area (Å²) < 4.78 is 39.1. The Kier molecular flexibility index (Phi) is 4.67. The Bertz CT molecular complexity index is 923. The summed E-state index contributed by atoms with van der Waals surface area (Å²) in [7, 11) is 0. The molecule has 0 saturated heterocycles. The number of carbonyl (C=O) groups is 1. The van der Waals surface area contributed by atoms with Crippen LogP contribution in [0.2, 0.25) is 0 Å². The molecule has 5 nitrogen and oxygen atoms in total. The van der Waals surface area contributed by atoms with Gasteiger partial charge in [-0.1, -0.05) is 22.0 Å². The Morgan fingerprint density at radius 3 is 2.76 bits per heavy atom. The normalized spacial score (nSPS) is 11.5. The molecule has 1 heterocycles. The van der Waals surface area contributed by atoms with E-state index < -0.39 is 18.8 Å². The van der Waals surface area contributed by atoms with Crippen LogP contribution in [0.15, 0.2) is 53.3 Å². The van der Waals surface area contributed by atoms with Crippen LogP contribution < -0.4 is 10.6 Å². The van der Waals surface area contributed by atoms with Crippen molar-refractivity contribution in [1.29, 1.82) is 0 Å². The predicted molar refractivity (Wildman–Crippen MR) is 91.8 cm³/mol. The summed E-state index contributed by atoms with van der Waals surface area (Å²) in [4.78, 5) is 15.9. The number of nitrogens with zero attached hydrogens (tertiary/aromatic N) is 2. The van der Waals surface area contributed by atoms with Crippen LogP contribution in [0.5, 0.6) is 0 Å². The van der Waals surface area contributed by atoms with Gasteiger partial charge < -0.3 is 10.6 Å². The van der Waals surface area contributed by atoms with E-state index in [0.717, 1.165) is 21.2 Å². The lowest BCUT2D eigenvalue weighted by Gasteiger charge is -2.11. The van der Waals surface area contributed by atoms with Crippen molar-refractivity contribution in [2.45, 2.75) is 6.18 Å². The number of nitrogens with one attached hydrogen (secondary N) is 2. The number of urea groups is 1. The first-order valence-corrected chi connectivity index (χ1v) is 7.96. The van der Waals surface area contributed by atoms with Gasteiger partial charge in [0.25, 0.3) is 0 Å². The summed E-state index contributed by atoms with van der Waals surface area (Å²) in [6.45, 7) is -1.39. The van der Waals surface area contributed by atoms with Gasteiger partial charge >= 0.3 is 12.2 Å². The summed E-state index contributed by atoms with van der Waals surface area (Å²) in [5, 5.41) is 4.14. The fourth-order valence-corrected chi connectivity index (χ4v) is 2.63. The molecule has 9 heteroatoms. The molecule has 3 rings (SSSR count). The molecule has 2 N–H and O–H groups in total. The molecule has 0 aliphatic heterocycles. The number of hydrogen-bond donors (Lipinski definition) is 2. The van der Waals surface area contributed by atoms with Crippen LogP contribution in [-0.2, 0) is 0 Å². The molecule has 0 atom stereocenters. The summed E-state index contributed by atoms with van der Waals surface area (Å²) in [6, 6.07) is 11.5. The molecule has 3 aromatic rings. The molecule has 25 heavy (non-hydrogen) atoms. The first kappa shape index (κ1) is 17.3. The number of fused-ring (bicyclic) bond motifs is 1. The largest absolute Gasteiger partial charge is 0.405 e. The van der Waals surface area contributed by atoms with E-state index in [1.54, 1.807) is 29.8 Å². The molecule has 0 fully saturated rings. The van der Waals surface area contributed by atoms with Gasteiger partial charge in [-0.15, -0.1) is 0 Å². The van der Waals surface area contributed by atoms with E-state index in [2.05, 4.69) is 26.2 Å². The van der Waals surface area contributed by atoms with Gasteiger partial charge in [-0.25, -0.2) is 9.78 Å². The van der Waals surface area contributed by atoms with Crippen molar-refractivity contribution >= 4 is 38.7 Å². The van der Waals surface area contributed by atoms with Crippen LogP contribution >= 0.6 is 15.9 Å². The molecular formula is C16H12BrF3N4O. The van der Waals surface area contributed by atoms with Crippen molar-refractivity contribution in [3.8, 4) is 5.69 Å². The van der Waals surface area contributed by atoms with Gasteiger partial charge in [0.05, 0.1) is 11.0 Å². The smallest absolute Gasteiger partial charge is 0.329 e. The van der Waals surface area contributed by atoms with E-state index in [0.29, 0.717) is 5.69 Å². The van der Waals surface area contributed by atoms with Crippen molar-refractivity contribution in [2.75, 3.05) is 11.9 Å². The average molecular weight is 413 g/mol. The number of imidazole rings is 1. The van der Waals surface area contributed by atoms with Gasteiger partial charge in [-0.3, -0.25) is 4.57 Å². The fourth-order valence-electron chi connectivity index (χ4n) is 2.28. The third kappa shape index (κ3) is 4.30. The molecule has 0 bridgehead atoms. The Hall–Kier alpha value is -2.55. The number of benzene rings is 2. The van der Waals surface area contributed by atoms with Gasteiger partial charge in [-0.2, -0.15) is 13.2 Å². The average Bonchev–Trinajstić information content (AvgIpc) is 2.95. The van der Waals surface area contributed by atoms with Crippen LogP contribution in [0.1, 0.15) is 0 Å². The maximum absolute atomic E-state index is 12.1. The highest BCUT2D eigenvalue weighted by Crippen LogP contribution is 2.23. The van der Waals surface area contributed by atoms with Crippen molar-refractivity contribution in [3.05, 3.63) is 53.3 Å². The number of carbonyl (C=O) groups excluding carboxylic acids is 1. The summed E-state index contributed by atoms with van der Waals surface area (Å²) in [5.74, 6) is 0. The molecule has 0 radical (unpaired) electrons. The van der Waals surface area contributed by atoms with E-state index >= 15 is 0 Å². The second kappa shape index (κ2) is 6.75. The minimum absolute atomic E-state index is 0.371. The molecular weight excluding hydrogens is 401 g/mol. The molecule has 2 aromatic carbocycles. The molecule has 1 aromatic heterocycles. The third-order valence-corrected chi connectivity index (χ3v) is 3.83. The van der Waals surface area contributed by atoms with Gasteiger partial charge in [0, 0.05) is 15.8 Å².